The molecular formula is C16H24N2O2. The Labute approximate surface area is 120 Å². The molecule has 1 heterocycles. The molecule has 1 aliphatic heterocycles. The molecule has 0 bridgehead atoms. The molecular weight excluding hydrogens is 252 g/mol. The maximum atomic E-state index is 12.0. The normalized spacial score (nSPS) is 21.9. The standard InChI is InChI=1S/C16H24N2O2/c1-11-4-5-13(12(2)8-11)6-7-16(19)18-14-9-17-10-15(14)20-3/h4-5,8,14-15,17H,6-7,9-10H2,1-3H3,(H,18,19)/t14-,15+/m1/s1. The average molecular weight is 276 g/mol. The van der Waals surface area contributed by atoms with E-state index in [9.17, 15) is 4.79 Å². The van der Waals surface area contributed by atoms with E-state index in [1.807, 2.05) is 0 Å². The average Bonchev–Trinajstić information content (AvgIpc) is 2.85. The van der Waals surface area contributed by atoms with Crippen LogP contribution in [-0.4, -0.2) is 38.3 Å². The maximum absolute atomic E-state index is 12.0. The van der Waals surface area contributed by atoms with Crippen molar-refractivity contribution in [2.24, 2.45) is 0 Å². The van der Waals surface area contributed by atoms with Gasteiger partial charge in [-0.3, -0.25) is 4.79 Å². The number of rotatable bonds is 5. The molecule has 1 aromatic rings. The predicted molar refractivity (Wildman–Crippen MR) is 79.8 cm³/mol. The van der Waals surface area contributed by atoms with Crippen molar-refractivity contribution >= 4 is 5.91 Å². The van der Waals surface area contributed by atoms with Gasteiger partial charge in [-0.25, -0.2) is 0 Å². The zero-order valence-corrected chi connectivity index (χ0v) is 12.5. The van der Waals surface area contributed by atoms with E-state index < -0.39 is 0 Å². The molecule has 0 aromatic heterocycles. The molecule has 1 amide bonds. The lowest BCUT2D eigenvalue weighted by Crippen LogP contribution is -2.43. The summed E-state index contributed by atoms with van der Waals surface area (Å²) in [5.74, 6) is 0.0979. The van der Waals surface area contributed by atoms with Gasteiger partial charge >= 0.3 is 0 Å². The van der Waals surface area contributed by atoms with Gasteiger partial charge in [-0.05, 0) is 31.4 Å². The largest absolute Gasteiger partial charge is 0.378 e. The van der Waals surface area contributed by atoms with Gasteiger partial charge in [0.15, 0.2) is 0 Å². The topological polar surface area (TPSA) is 50.4 Å². The summed E-state index contributed by atoms with van der Waals surface area (Å²) in [6.45, 7) is 5.77. The van der Waals surface area contributed by atoms with Gasteiger partial charge in [0, 0.05) is 26.6 Å². The lowest BCUT2D eigenvalue weighted by Gasteiger charge is -2.18. The maximum Gasteiger partial charge on any atom is 0.220 e. The second-order valence-corrected chi connectivity index (χ2v) is 5.54. The minimum Gasteiger partial charge on any atom is -0.378 e. The molecule has 0 saturated carbocycles. The zero-order chi connectivity index (χ0) is 14.5. The summed E-state index contributed by atoms with van der Waals surface area (Å²) in [4.78, 5) is 12.0. The van der Waals surface area contributed by atoms with Crippen molar-refractivity contribution in [1.82, 2.24) is 10.6 Å². The number of methoxy groups -OCH3 is 1. The Morgan fingerprint density at radius 3 is 2.90 bits per heavy atom. The van der Waals surface area contributed by atoms with E-state index in [-0.39, 0.29) is 18.1 Å². The van der Waals surface area contributed by atoms with E-state index in [2.05, 4.69) is 42.7 Å². The molecule has 4 heteroatoms. The molecule has 0 radical (unpaired) electrons. The summed E-state index contributed by atoms with van der Waals surface area (Å²) in [7, 11) is 1.69. The summed E-state index contributed by atoms with van der Waals surface area (Å²) < 4.78 is 5.34. The highest BCUT2D eigenvalue weighted by Crippen LogP contribution is 2.13. The highest BCUT2D eigenvalue weighted by Gasteiger charge is 2.27. The van der Waals surface area contributed by atoms with E-state index in [1.54, 1.807) is 7.11 Å². The molecule has 1 fully saturated rings. The molecule has 0 unspecified atom stereocenters. The van der Waals surface area contributed by atoms with Gasteiger partial charge in [0.2, 0.25) is 5.91 Å². The van der Waals surface area contributed by atoms with E-state index in [0.29, 0.717) is 6.42 Å². The number of ether oxygens (including phenoxy) is 1. The second-order valence-electron chi connectivity index (χ2n) is 5.54. The zero-order valence-electron chi connectivity index (χ0n) is 12.5. The van der Waals surface area contributed by atoms with Crippen LogP contribution in [0.1, 0.15) is 23.1 Å². The summed E-state index contributed by atoms with van der Waals surface area (Å²) in [5.41, 5.74) is 3.77. The smallest absolute Gasteiger partial charge is 0.220 e. The Morgan fingerprint density at radius 1 is 1.40 bits per heavy atom. The first-order valence-electron chi connectivity index (χ1n) is 7.19. The van der Waals surface area contributed by atoms with Gasteiger partial charge < -0.3 is 15.4 Å². The number of aryl methyl sites for hydroxylation is 3. The second kappa shape index (κ2) is 6.86. The number of benzene rings is 1. The van der Waals surface area contributed by atoms with E-state index in [4.69, 9.17) is 4.74 Å². The van der Waals surface area contributed by atoms with Crippen LogP contribution in [0.5, 0.6) is 0 Å². The highest BCUT2D eigenvalue weighted by atomic mass is 16.5. The number of nitrogens with one attached hydrogen (secondary N) is 2. The molecule has 2 atom stereocenters. The van der Waals surface area contributed by atoms with Crippen molar-refractivity contribution < 1.29 is 9.53 Å². The molecule has 4 nitrogen and oxygen atoms in total. The first-order valence-corrected chi connectivity index (χ1v) is 7.19. The Kier molecular flexibility index (Phi) is 5.15. The van der Waals surface area contributed by atoms with Crippen LogP contribution < -0.4 is 10.6 Å². The minimum atomic E-state index is 0.0834. The molecule has 1 saturated heterocycles. The van der Waals surface area contributed by atoms with Gasteiger partial charge in [0.25, 0.3) is 0 Å². The quantitative estimate of drug-likeness (QED) is 0.853. The third kappa shape index (κ3) is 3.81. The molecule has 2 rings (SSSR count). The molecule has 0 aliphatic carbocycles. The van der Waals surface area contributed by atoms with E-state index in [0.717, 1.165) is 19.5 Å². The Bertz CT molecular complexity index is 474. The fourth-order valence-corrected chi connectivity index (χ4v) is 2.70. The lowest BCUT2D eigenvalue weighted by molar-refractivity contribution is -0.122. The molecule has 1 aromatic carbocycles. The van der Waals surface area contributed by atoms with Crippen LogP contribution in [0.3, 0.4) is 0 Å². The Hall–Kier alpha value is -1.39. The number of amides is 1. The number of carbonyl (C=O) groups excluding carboxylic acids is 1. The van der Waals surface area contributed by atoms with Gasteiger partial charge in [0.05, 0.1) is 12.1 Å². The summed E-state index contributed by atoms with van der Waals surface area (Å²) in [5, 5.41) is 6.28. The molecule has 0 spiro atoms. The number of hydrogen-bond donors (Lipinski definition) is 2. The van der Waals surface area contributed by atoms with Gasteiger partial charge in [0.1, 0.15) is 0 Å². The summed E-state index contributed by atoms with van der Waals surface area (Å²) in [6.07, 6.45) is 1.40. The van der Waals surface area contributed by atoms with Crippen LogP contribution in [0, 0.1) is 13.8 Å². The van der Waals surface area contributed by atoms with Crippen LogP contribution in [0.4, 0.5) is 0 Å². The van der Waals surface area contributed by atoms with Crippen LogP contribution >= 0.6 is 0 Å². The minimum absolute atomic E-state index is 0.0834. The van der Waals surface area contributed by atoms with E-state index in [1.165, 1.54) is 16.7 Å². The van der Waals surface area contributed by atoms with E-state index >= 15 is 0 Å². The Morgan fingerprint density at radius 2 is 2.20 bits per heavy atom. The molecule has 1 aliphatic rings. The third-order valence-corrected chi connectivity index (χ3v) is 3.93. The molecule has 2 N–H and O–H groups in total. The molecule has 20 heavy (non-hydrogen) atoms. The van der Waals surface area contributed by atoms with Crippen molar-refractivity contribution in [3.05, 3.63) is 34.9 Å². The monoisotopic (exact) mass is 276 g/mol. The SMILES string of the molecule is CO[C@H]1CNC[C@H]1NC(=O)CCc1ccc(C)cc1C. The van der Waals surface area contributed by atoms with Gasteiger partial charge in [-0.2, -0.15) is 0 Å². The number of carbonyl (C=O) groups is 1. The van der Waals surface area contributed by atoms with Crippen LogP contribution in [0.25, 0.3) is 0 Å². The van der Waals surface area contributed by atoms with Crippen LogP contribution in [0.15, 0.2) is 18.2 Å². The molecule has 110 valence electrons. The summed E-state index contributed by atoms with van der Waals surface area (Å²) in [6, 6.07) is 6.47. The van der Waals surface area contributed by atoms with Crippen molar-refractivity contribution in [1.29, 1.82) is 0 Å². The van der Waals surface area contributed by atoms with Crippen LogP contribution in [0.2, 0.25) is 0 Å². The lowest BCUT2D eigenvalue weighted by atomic mass is 10.0. The van der Waals surface area contributed by atoms with Crippen molar-refractivity contribution in [2.75, 3.05) is 20.2 Å². The van der Waals surface area contributed by atoms with Crippen molar-refractivity contribution in [3.63, 3.8) is 0 Å². The summed E-state index contributed by atoms with van der Waals surface area (Å²) >= 11 is 0. The third-order valence-electron chi connectivity index (χ3n) is 3.93. The number of hydrogen-bond acceptors (Lipinski definition) is 3. The highest BCUT2D eigenvalue weighted by molar-refractivity contribution is 5.76. The fraction of sp³-hybridized carbons (Fsp3) is 0.562. The Balaban J connectivity index is 1.83. The van der Waals surface area contributed by atoms with Gasteiger partial charge in [-0.15, -0.1) is 0 Å². The predicted octanol–water partition coefficient (Wildman–Crippen LogP) is 1.34. The fourth-order valence-electron chi connectivity index (χ4n) is 2.70. The first-order chi connectivity index (χ1) is 9.60. The van der Waals surface area contributed by atoms with Gasteiger partial charge in [-0.1, -0.05) is 23.8 Å². The van der Waals surface area contributed by atoms with Crippen molar-refractivity contribution in [3.8, 4) is 0 Å². The first kappa shape index (κ1) is 15.0. The van der Waals surface area contributed by atoms with Crippen molar-refractivity contribution in [2.45, 2.75) is 38.8 Å². The van der Waals surface area contributed by atoms with Crippen LogP contribution in [-0.2, 0) is 16.0 Å².